The molecular formula is C33H39NO4. The first-order valence-electron chi connectivity index (χ1n) is 13.7. The molecule has 2 aliphatic carbocycles. The predicted molar refractivity (Wildman–Crippen MR) is 149 cm³/mol. The number of dihydropyridines is 1. The number of hydrogen-bond donors (Lipinski definition) is 1. The minimum absolute atomic E-state index is 0.121. The van der Waals surface area contributed by atoms with Gasteiger partial charge in [0, 0.05) is 41.3 Å². The first-order chi connectivity index (χ1) is 18.0. The average Bonchev–Trinajstić information content (AvgIpc) is 2.81. The van der Waals surface area contributed by atoms with Crippen LogP contribution in [0, 0.1) is 17.8 Å². The molecule has 0 atom stereocenters. The van der Waals surface area contributed by atoms with Gasteiger partial charge in [-0.3, -0.25) is 9.59 Å². The number of nitrogens with one attached hydrogen (secondary N) is 1. The molecule has 5 nitrogen and oxygen atoms in total. The standard InChI is InChI=1S/C33H39NO4/c1-7-37-28-14-22(12-13-27(28)38-19-21-10-8-20(2)9-11-21)29-30-23(15-32(3,4)17-25(30)35)34-24-16-33(5,6)18-26(36)31(24)29/h8-14,29,34H,7,15-19H2,1-6H3. The Hall–Kier alpha value is -3.34. The van der Waals surface area contributed by atoms with E-state index in [1.807, 2.05) is 25.1 Å². The summed E-state index contributed by atoms with van der Waals surface area (Å²) in [5.41, 5.74) is 6.37. The first-order valence-corrected chi connectivity index (χ1v) is 13.7. The van der Waals surface area contributed by atoms with Crippen molar-refractivity contribution in [2.75, 3.05) is 6.61 Å². The van der Waals surface area contributed by atoms with Crippen LogP contribution in [0.5, 0.6) is 11.5 Å². The Balaban J connectivity index is 1.56. The molecule has 1 aliphatic heterocycles. The fraction of sp³-hybridized carbons (Fsp3) is 0.455. The maximum absolute atomic E-state index is 13.6. The highest BCUT2D eigenvalue weighted by Gasteiger charge is 2.46. The van der Waals surface area contributed by atoms with E-state index in [1.54, 1.807) is 0 Å². The van der Waals surface area contributed by atoms with Crippen LogP contribution in [0.1, 0.15) is 82.9 Å². The normalized spacial score (nSPS) is 20.6. The van der Waals surface area contributed by atoms with Crippen LogP contribution in [0.4, 0.5) is 0 Å². The third kappa shape index (κ3) is 5.16. The van der Waals surface area contributed by atoms with Crippen molar-refractivity contribution in [1.29, 1.82) is 0 Å². The summed E-state index contributed by atoms with van der Waals surface area (Å²) in [6.07, 6.45) is 2.52. The lowest BCUT2D eigenvalue weighted by atomic mass is 9.64. The lowest BCUT2D eigenvalue weighted by Gasteiger charge is -2.44. The zero-order valence-electron chi connectivity index (χ0n) is 23.5. The topological polar surface area (TPSA) is 64.6 Å². The molecule has 0 saturated carbocycles. The van der Waals surface area contributed by atoms with Crippen molar-refractivity contribution >= 4 is 11.6 Å². The van der Waals surface area contributed by atoms with Gasteiger partial charge in [-0.15, -0.1) is 0 Å². The zero-order valence-corrected chi connectivity index (χ0v) is 23.5. The van der Waals surface area contributed by atoms with Crippen molar-refractivity contribution in [3.63, 3.8) is 0 Å². The van der Waals surface area contributed by atoms with Gasteiger partial charge in [-0.05, 0) is 60.8 Å². The first kappa shape index (κ1) is 26.3. The summed E-state index contributed by atoms with van der Waals surface area (Å²) < 4.78 is 12.2. The third-order valence-corrected chi connectivity index (χ3v) is 7.83. The van der Waals surface area contributed by atoms with Gasteiger partial charge in [0.15, 0.2) is 23.1 Å². The number of aryl methyl sites for hydroxylation is 1. The fourth-order valence-electron chi connectivity index (χ4n) is 6.16. The third-order valence-electron chi connectivity index (χ3n) is 7.83. The molecule has 2 aromatic rings. The van der Waals surface area contributed by atoms with E-state index in [2.05, 4.69) is 64.2 Å². The maximum Gasteiger partial charge on any atom is 0.162 e. The largest absolute Gasteiger partial charge is 0.490 e. The van der Waals surface area contributed by atoms with Gasteiger partial charge < -0.3 is 14.8 Å². The minimum Gasteiger partial charge on any atom is -0.490 e. The predicted octanol–water partition coefficient (Wildman–Crippen LogP) is 6.95. The monoisotopic (exact) mass is 513 g/mol. The SMILES string of the molecule is CCOc1cc(C2C3=C(CC(C)(C)CC3=O)NC3=C2C(=O)CC(C)(C)C3)ccc1OCc1ccc(C)cc1. The summed E-state index contributed by atoms with van der Waals surface area (Å²) in [6.45, 7) is 13.5. The van der Waals surface area contributed by atoms with Crippen LogP contribution in [-0.4, -0.2) is 18.2 Å². The van der Waals surface area contributed by atoms with Crippen molar-refractivity contribution < 1.29 is 19.1 Å². The number of hydrogen-bond acceptors (Lipinski definition) is 5. The van der Waals surface area contributed by atoms with Crippen LogP contribution >= 0.6 is 0 Å². The van der Waals surface area contributed by atoms with Gasteiger partial charge >= 0.3 is 0 Å². The molecule has 0 saturated heterocycles. The van der Waals surface area contributed by atoms with E-state index < -0.39 is 0 Å². The van der Waals surface area contributed by atoms with Crippen LogP contribution in [0.2, 0.25) is 0 Å². The number of carbonyl (C=O) groups excluding carboxylic acids is 2. The van der Waals surface area contributed by atoms with E-state index in [9.17, 15) is 9.59 Å². The van der Waals surface area contributed by atoms with E-state index >= 15 is 0 Å². The highest BCUT2D eigenvalue weighted by atomic mass is 16.5. The molecule has 3 aliphatic rings. The molecule has 2 aromatic carbocycles. The molecule has 0 amide bonds. The summed E-state index contributed by atoms with van der Waals surface area (Å²) in [5, 5.41) is 3.58. The summed E-state index contributed by atoms with van der Waals surface area (Å²) in [7, 11) is 0. The van der Waals surface area contributed by atoms with Gasteiger partial charge in [0.25, 0.3) is 0 Å². The van der Waals surface area contributed by atoms with E-state index in [-0.39, 0.29) is 28.3 Å². The van der Waals surface area contributed by atoms with Crippen molar-refractivity contribution in [2.45, 2.75) is 79.8 Å². The van der Waals surface area contributed by atoms with Crippen molar-refractivity contribution in [2.24, 2.45) is 10.8 Å². The number of benzene rings is 2. The van der Waals surface area contributed by atoms with Crippen LogP contribution < -0.4 is 14.8 Å². The second-order valence-corrected chi connectivity index (χ2v) is 12.6. The fourth-order valence-corrected chi connectivity index (χ4v) is 6.16. The summed E-state index contributed by atoms with van der Waals surface area (Å²) in [6, 6.07) is 14.2. The molecule has 0 radical (unpaired) electrons. The number of Topliss-reactive ketones (excluding diaryl/α,β-unsaturated/α-hetero) is 2. The molecule has 0 fully saturated rings. The molecule has 1 N–H and O–H groups in total. The Bertz CT molecular complexity index is 1290. The maximum atomic E-state index is 13.6. The van der Waals surface area contributed by atoms with E-state index in [4.69, 9.17) is 9.47 Å². The van der Waals surface area contributed by atoms with Gasteiger partial charge in [-0.1, -0.05) is 63.6 Å². The molecule has 200 valence electrons. The Labute approximate surface area is 226 Å². The Kier molecular flexibility index (Phi) is 6.75. The van der Waals surface area contributed by atoms with E-state index in [0.717, 1.165) is 46.5 Å². The molecule has 0 bridgehead atoms. The molecule has 0 unspecified atom stereocenters. The van der Waals surface area contributed by atoms with Gasteiger partial charge in [0.1, 0.15) is 6.61 Å². The smallest absolute Gasteiger partial charge is 0.162 e. The molecule has 5 heteroatoms. The van der Waals surface area contributed by atoms with E-state index in [1.165, 1.54) is 5.56 Å². The molecular weight excluding hydrogens is 474 g/mol. The number of allylic oxidation sites excluding steroid dienone is 4. The molecule has 5 rings (SSSR count). The Morgan fingerprint density at radius 2 is 1.37 bits per heavy atom. The zero-order chi connectivity index (χ0) is 27.2. The summed E-state index contributed by atoms with van der Waals surface area (Å²) >= 11 is 0. The average molecular weight is 514 g/mol. The van der Waals surface area contributed by atoms with Gasteiger partial charge in [-0.2, -0.15) is 0 Å². The quantitative estimate of drug-likeness (QED) is 0.453. The second-order valence-electron chi connectivity index (χ2n) is 12.6. The van der Waals surface area contributed by atoms with Gasteiger partial charge in [-0.25, -0.2) is 0 Å². The van der Waals surface area contributed by atoms with Gasteiger partial charge in [0.2, 0.25) is 0 Å². The number of ketones is 2. The molecule has 1 heterocycles. The number of rotatable bonds is 6. The van der Waals surface area contributed by atoms with Crippen LogP contribution in [0.25, 0.3) is 0 Å². The van der Waals surface area contributed by atoms with E-state index in [0.29, 0.717) is 37.6 Å². The van der Waals surface area contributed by atoms with Crippen molar-refractivity contribution in [1.82, 2.24) is 5.32 Å². The van der Waals surface area contributed by atoms with Crippen molar-refractivity contribution in [3.05, 3.63) is 81.7 Å². The second kappa shape index (κ2) is 9.76. The lowest BCUT2D eigenvalue weighted by Crippen LogP contribution is -2.42. The Morgan fingerprint density at radius 1 is 0.789 bits per heavy atom. The molecule has 38 heavy (non-hydrogen) atoms. The van der Waals surface area contributed by atoms with Crippen LogP contribution in [0.3, 0.4) is 0 Å². The summed E-state index contributed by atoms with van der Waals surface area (Å²) in [5.74, 6) is 1.14. The van der Waals surface area contributed by atoms with Crippen LogP contribution in [-0.2, 0) is 16.2 Å². The minimum atomic E-state index is -0.390. The van der Waals surface area contributed by atoms with Crippen LogP contribution in [0.15, 0.2) is 65.0 Å². The number of carbonyl (C=O) groups is 2. The lowest BCUT2D eigenvalue weighted by molar-refractivity contribution is -0.119. The molecule has 0 spiro atoms. The highest BCUT2D eigenvalue weighted by molar-refractivity contribution is 6.06. The number of ether oxygens (including phenoxy) is 2. The Morgan fingerprint density at radius 3 is 1.92 bits per heavy atom. The van der Waals surface area contributed by atoms with Crippen molar-refractivity contribution in [3.8, 4) is 11.5 Å². The highest BCUT2D eigenvalue weighted by Crippen LogP contribution is 2.51. The summed E-state index contributed by atoms with van der Waals surface area (Å²) in [4.78, 5) is 27.2. The molecule has 0 aromatic heterocycles. The van der Waals surface area contributed by atoms with Gasteiger partial charge in [0.05, 0.1) is 6.61 Å².